The summed E-state index contributed by atoms with van der Waals surface area (Å²) in [7, 11) is 0. The molecule has 0 aromatic heterocycles. The molecule has 0 N–H and O–H groups in total. The van der Waals surface area contributed by atoms with Crippen molar-refractivity contribution < 1.29 is 84.2 Å². The lowest BCUT2D eigenvalue weighted by molar-refractivity contribution is -0.461. The molecule has 1 heterocycles. The summed E-state index contributed by atoms with van der Waals surface area (Å²) in [5, 5.41) is 0. The summed E-state index contributed by atoms with van der Waals surface area (Å²) in [5.74, 6) is -61.4. The van der Waals surface area contributed by atoms with Gasteiger partial charge in [0.05, 0.1) is 6.54 Å². The summed E-state index contributed by atoms with van der Waals surface area (Å²) in [6.07, 6.45) is -7.70. The van der Waals surface area contributed by atoms with E-state index < -0.39 is 70.9 Å². The number of rotatable bonds is 8. The first-order valence-electron chi connectivity index (χ1n) is 7.40. The standard InChI is InChI=1S/C13H4F17NO2/c14-6(15,3-31-4(32)1-2-5(31)33)7(16,17)8(18,19)9(20,21)10(22,23)11(24,25)12(26,27)13(28,29)30/h1-2H,3H2. The molecular weight excluding hydrogens is 525 g/mol. The predicted octanol–water partition coefficient (Wildman–Crippen LogP) is 4.92. The number of carbonyl (C=O) groups excluding carboxylic acids is 2. The summed E-state index contributed by atoms with van der Waals surface area (Å²) in [5.41, 5.74) is 0. The summed E-state index contributed by atoms with van der Waals surface area (Å²) in [6.45, 7) is -3.24. The third kappa shape index (κ3) is 3.68. The summed E-state index contributed by atoms with van der Waals surface area (Å²) in [6, 6.07) is 0. The van der Waals surface area contributed by atoms with Crippen molar-refractivity contribution in [2.75, 3.05) is 6.54 Å². The van der Waals surface area contributed by atoms with Gasteiger partial charge in [-0.05, 0) is 0 Å². The highest BCUT2D eigenvalue weighted by Gasteiger charge is 2.95. The Morgan fingerprint density at radius 3 is 1.06 bits per heavy atom. The normalized spacial score (nSPS) is 17.9. The minimum absolute atomic E-state index is 0.0667. The Morgan fingerprint density at radius 1 is 0.485 bits per heavy atom. The molecule has 0 aromatic carbocycles. The Bertz CT molecular complexity index is 822. The molecule has 33 heavy (non-hydrogen) atoms. The van der Waals surface area contributed by atoms with Gasteiger partial charge in [-0.25, -0.2) is 0 Å². The molecule has 0 atom stereocenters. The molecule has 0 aromatic rings. The largest absolute Gasteiger partial charge is 0.460 e. The van der Waals surface area contributed by atoms with Crippen LogP contribution in [-0.4, -0.2) is 70.9 Å². The number of amides is 2. The van der Waals surface area contributed by atoms with Crippen LogP contribution in [0.1, 0.15) is 0 Å². The van der Waals surface area contributed by atoms with E-state index in [1.54, 1.807) is 0 Å². The van der Waals surface area contributed by atoms with Gasteiger partial charge in [-0.2, -0.15) is 74.6 Å². The van der Waals surface area contributed by atoms with Crippen molar-refractivity contribution in [2.45, 2.75) is 47.6 Å². The molecule has 20 heteroatoms. The van der Waals surface area contributed by atoms with Crippen molar-refractivity contribution >= 4 is 11.8 Å². The smallest absolute Gasteiger partial charge is 0.269 e. The monoisotopic (exact) mass is 529 g/mol. The highest BCUT2D eigenvalue weighted by atomic mass is 19.4. The summed E-state index contributed by atoms with van der Waals surface area (Å²) in [4.78, 5) is 21.0. The Labute approximate surface area is 168 Å². The minimum Gasteiger partial charge on any atom is -0.269 e. The van der Waals surface area contributed by atoms with Crippen molar-refractivity contribution in [1.82, 2.24) is 4.90 Å². The van der Waals surface area contributed by atoms with Crippen LogP contribution in [0.4, 0.5) is 74.6 Å². The molecule has 1 rings (SSSR count). The lowest BCUT2D eigenvalue weighted by Crippen LogP contribution is -2.75. The minimum atomic E-state index is -8.73. The maximum Gasteiger partial charge on any atom is 0.460 e. The molecule has 1 aliphatic heterocycles. The van der Waals surface area contributed by atoms with Crippen LogP contribution in [0.15, 0.2) is 12.2 Å². The maximum absolute atomic E-state index is 13.6. The van der Waals surface area contributed by atoms with Gasteiger partial charge in [0.2, 0.25) is 0 Å². The van der Waals surface area contributed by atoms with Gasteiger partial charge in [-0.15, -0.1) is 0 Å². The van der Waals surface area contributed by atoms with Crippen LogP contribution in [0.25, 0.3) is 0 Å². The van der Waals surface area contributed by atoms with Crippen molar-refractivity contribution in [1.29, 1.82) is 0 Å². The zero-order valence-electron chi connectivity index (χ0n) is 14.6. The van der Waals surface area contributed by atoms with Crippen LogP contribution in [-0.2, 0) is 9.59 Å². The molecule has 192 valence electrons. The number of hydrogen-bond acceptors (Lipinski definition) is 2. The second kappa shape index (κ2) is 7.34. The lowest BCUT2D eigenvalue weighted by atomic mass is 9.89. The van der Waals surface area contributed by atoms with E-state index in [2.05, 4.69) is 0 Å². The summed E-state index contributed by atoms with van der Waals surface area (Å²) >= 11 is 0. The first-order chi connectivity index (χ1) is 14.1. The zero-order valence-corrected chi connectivity index (χ0v) is 14.6. The first-order valence-corrected chi connectivity index (χ1v) is 7.40. The molecule has 0 aliphatic carbocycles. The van der Waals surface area contributed by atoms with E-state index in [0.717, 1.165) is 0 Å². The average Bonchev–Trinajstić information content (AvgIpc) is 2.91. The van der Waals surface area contributed by atoms with E-state index in [9.17, 15) is 84.2 Å². The fourth-order valence-corrected chi connectivity index (χ4v) is 2.08. The fourth-order valence-electron chi connectivity index (χ4n) is 2.08. The Hall–Kier alpha value is -2.31. The number of halogens is 17. The Morgan fingerprint density at radius 2 is 0.758 bits per heavy atom. The highest BCUT2D eigenvalue weighted by Crippen LogP contribution is 2.63. The van der Waals surface area contributed by atoms with Crippen LogP contribution in [0.5, 0.6) is 0 Å². The Balaban J connectivity index is 3.56. The molecule has 3 nitrogen and oxygen atoms in total. The molecule has 0 fully saturated rings. The van der Waals surface area contributed by atoms with Gasteiger partial charge in [0, 0.05) is 12.2 Å². The van der Waals surface area contributed by atoms with E-state index >= 15 is 0 Å². The SMILES string of the molecule is O=C1C=CC(=O)N1CC(F)(F)C(F)(F)C(F)(F)C(F)(F)C(F)(F)C(F)(F)C(F)(F)C(F)(F)F. The van der Waals surface area contributed by atoms with E-state index in [1.165, 1.54) is 0 Å². The molecule has 2 amide bonds. The van der Waals surface area contributed by atoms with E-state index in [0.29, 0.717) is 0 Å². The average molecular weight is 529 g/mol. The molecule has 0 spiro atoms. The maximum atomic E-state index is 13.6. The topological polar surface area (TPSA) is 37.4 Å². The third-order valence-corrected chi connectivity index (χ3v) is 4.04. The molecule has 0 saturated carbocycles. The second-order valence-corrected chi connectivity index (χ2v) is 6.24. The molecule has 1 aliphatic rings. The van der Waals surface area contributed by atoms with Crippen molar-refractivity contribution in [3.8, 4) is 0 Å². The molecule has 0 bridgehead atoms. The van der Waals surface area contributed by atoms with Crippen LogP contribution in [0, 0.1) is 0 Å². The molecular formula is C13H4F17NO2. The van der Waals surface area contributed by atoms with Gasteiger partial charge in [0.25, 0.3) is 11.8 Å². The zero-order chi connectivity index (χ0) is 26.9. The highest BCUT2D eigenvalue weighted by molar-refractivity contribution is 6.12. The van der Waals surface area contributed by atoms with Gasteiger partial charge in [0.15, 0.2) is 0 Å². The van der Waals surface area contributed by atoms with E-state index in [-0.39, 0.29) is 12.2 Å². The van der Waals surface area contributed by atoms with E-state index in [4.69, 9.17) is 0 Å². The number of nitrogens with zero attached hydrogens (tertiary/aromatic N) is 1. The molecule has 0 radical (unpaired) electrons. The first kappa shape index (κ1) is 28.7. The van der Waals surface area contributed by atoms with Gasteiger partial charge in [0.1, 0.15) is 0 Å². The summed E-state index contributed by atoms with van der Waals surface area (Å²) < 4.78 is 222. The van der Waals surface area contributed by atoms with Crippen molar-refractivity contribution in [2.24, 2.45) is 0 Å². The lowest BCUT2D eigenvalue weighted by Gasteiger charge is -2.43. The van der Waals surface area contributed by atoms with Crippen LogP contribution < -0.4 is 0 Å². The molecule has 0 unspecified atom stereocenters. The number of hydrogen-bond donors (Lipinski definition) is 0. The van der Waals surface area contributed by atoms with E-state index in [1.807, 2.05) is 0 Å². The predicted molar refractivity (Wildman–Crippen MR) is 66.5 cm³/mol. The van der Waals surface area contributed by atoms with Crippen molar-refractivity contribution in [3.63, 3.8) is 0 Å². The van der Waals surface area contributed by atoms with Gasteiger partial charge < -0.3 is 0 Å². The number of alkyl halides is 17. The second-order valence-electron chi connectivity index (χ2n) is 6.24. The number of imide groups is 1. The quantitative estimate of drug-likeness (QED) is 0.331. The van der Waals surface area contributed by atoms with Crippen LogP contribution >= 0.6 is 0 Å². The van der Waals surface area contributed by atoms with Gasteiger partial charge >= 0.3 is 47.6 Å². The van der Waals surface area contributed by atoms with Crippen LogP contribution in [0.2, 0.25) is 0 Å². The fraction of sp³-hybridized carbons (Fsp3) is 0.692. The van der Waals surface area contributed by atoms with Crippen LogP contribution in [0.3, 0.4) is 0 Å². The van der Waals surface area contributed by atoms with Gasteiger partial charge in [-0.3, -0.25) is 14.5 Å². The van der Waals surface area contributed by atoms with Crippen molar-refractivity contribution in [3.05, 3.63) is 12.2 Å². The third-order valence-electron chi connectivity index (χ3n) is 4.04. The molecule has 0 saturated heterocycles. The van der Waals surface area contributed by atoms with Gasteiger partial charge in [-0.1, -0.05) is 0 Å². The Kier molecular flexibility index (Phi) is 6.39. The number of carbonyl (C=O) groups is 2.